The van der Waals surface area contributed by atoms with E-state index in [-0.39, 0.29) is 17.1 Å². The number of carbonyl (C=O) groups is 3. The lowest BCUT2D eigenvalue weighted by Gasteiger charge is -2.14. The molecule has 1 unspecified atom stereocenters. The minimum absolute atomic E-state index is 0.00506. The summed E-state index contributed by atoms with van der Waals surface area (Å²) < 4.78 is 5.10. The Morgan fingerprint density at radius 3 is 2.32 bits per heavy atom. The van der Waals surface area contributed by atoms with E-state index in [2.05, 4.69) is 5.32 Å². The SMILES string of the molecule is CC(=O)c1ccc(NC(=O)C(C)OC(=O)c2cccc(C)c2O)cc1. The third kappa shape index (κ3) is 4.44. The number of Topliss-reactive ketones (excluding diaryl/α,β-unsaturated/α-hetero) is 1. The Balaban J connectivity index is 2.01. The van der Waals surface area contributed by atoms with Crippen LogP contribution < -0.4 is 5.32 Å². The number of nitrogens with one attached hydrogen (secondary N) is 1. The van der Waals surface area contributed by atoms with Crippen LogP contribution in [0.25, 0.3) is 0 Å². The molecular weight excluding hydrogens is 322 g/mol. The van der Waals surface area contributed by atoms with Crippen LogP contribution in [0.15, 0.2) is 42.5 Å². The minimum Gasteiger partial charge on any atom is -0.507 e. The number of hydrogen-bond acceptors (Lipinski definition) is 5. The molecule has 2 aromatic carbocycles. The van der Waals surface area contributed by atoms with Crippen LogP contribution in [-0.4, -0.2) is 28.9 Å². The lowest BCUT2D eigenvalue weighted by molar-refractivity contribution is -0.123. The summed E-state index contributed by atoms with van der Waals surface area (Å²) in [5, 5.41) is 12.5. The van der Waals surface area contributed by atoms with E-state index in [1.165, 1.54) is 19.9 Å². The molecule has 1 amide bonds. The van der Waals surface area contributed by atoms with Crippen molar-refractivity contribution in [2.24, 2.45) is 0 Å². The zero-order valence-corrected chi connectivity index (χ0v) is 14.2. The number of aryl methyl sites for hydroxylation is 1. The number of phenols is 1. The van der Waals surface area contributed by atoms with Crippen LogP contribution in [0.5, 0.6) is 5.75 Å². The van der Waals surface area contributed by atoms with Gasteiger partial charge in [0.15, 0.2) is 11.9 Å². The molecule has 2 rings (SSSR count). The van der Waals surface area contributed by atoms with Gasteiger partial charge in [0.2, 0.25) is 0 Å². The van der Waals surface area contributed by atoms with Crippen LogP contribution in [0.4, 0.5) is 5.69 Å². The third-order valence-electron chi connectivity index (χ3n) is 3.67. The third-order valence-corrected chi connectivity index (χ3v) is 3.67. The summed E-state index contributed by atoms with van der Waals surface area (Å²) in [6.45, 7) is 4.55. The molecule has 130 valence electrons. The Hall–Kier alpha value is -3.15. The summed E-state index contributed by atoms with van der Waals surface area (Å²) in [5.74, 6) is -1.54. The monoisotopic (exact) mass is 341 g/mol. The first-order valence-corrected chi connectivity index (χ1v) is 7.71. The fourth-order valence-electron chi connectivity index (χ4n) is 2.13. The lowest BCUT2D eigenvalue weighted by Crippen LogP contribution is -2.30. The number of hydrogen-bond donors (Lipinski definition) is 2. The van der Waals surface area contributed by atoms with E-state index < -0.39 is 18.0 Å². The normalized spacial score (nSPS) is 11.5. The number of anilines is 1. The van der Waals surface area contributed by atoms with Crippen molar-refractivity contribution >= 4 is 23.3 Å². The van der Waals surface area contributed by atoms with Crippen molar-refractivity contribution in [3.05, 3.63) is 59.2 Å². The van der Waals surface area contributed by atoms with Crippen molar-refractivity contribution in [2.45, 2.75) is 26.9 Å². The number of phenolic OH excluding ortho intramolecular Hbond substituents is 1. The van der Waals surface area contributed by atoms with Crippen molar-refractivity contribution in [3.63, 3.8) is 0 Å². The second-order valence-electron chi connectivity index (χ2n) is 5.64. The van der Waals surface area contributed by atoms with Crippen LogP contribution in [0, 0.1) is 6.92 Å². The van der Waals surface area contributed by atoms with Gasteiger partial charge in [-0.15, -0.1) is 0 Å². The van der Waals surface area contributed by atoms with E-state index in [0.29, 0.717) is 16.8 Å². The molecule has 0 aliphatic carbocycles. The number of carbonyl (C=O) groups excluding carboxylic acids is 3. The first-order valence-electron chi connectivity index (χ1n) is 7.71. The van der Waals surface area contributed by atoms with Crippen molar-refractivity contribution < 1.29 is 24.2 Å². The molecule has 0 heterocycles. The van der Waals surface area contributed by atoms with Crippen LogP contribution in [-0.2, 0) is 9.53 Å². The van der Waals surface area contributed by atoms with E-state index in [9.17, 15) is 19.5 Å². The van der Waals surface area contributed by atoms with Gasteiger partial charge in [-0.2, -0.15) is 0 Å². The van der Waals surface area contributed by atoms with E-state index in [1.807, 2.05) is 0 Å². The van der Waals surface area contributed by atoms with Gasteiger partial charge in [-0.05, 0) is 56.7 Å². The van der Waals surface area contributed by atoms with Crippen molar-refractivity contribution in [3.8, 4) is 5.75 Å². The molecule has 6 nitrogen and oxygen atoms in total. The Morgan fingerprint density at radius 2 is 1.72 bits per heavy atom. The van der Waals surface area contributed by atoms with E-state index in [4.69, 9.17) is 4.74 Å². The average Bonchev–Trinajstić information content (AvgIpc) is 2.57. The molecule has 2 N–H and O–H groups in total. The summed E-state index contributed by atoms with van der Waals surface area (Å²) in [6.07, 6.45) is -1.06. The number of benzene rings is 2. The second-order valence-corrected chi connectivity index (χ2v) is 5.64. The molecule has 0 aromatic heterocycles. The van der Waals surface area contributed by atoms with Gasteiger partial charge in [0.1, 0.15) is 11.3 Å². The zero-order valence-electron chi connectivity index (χ0n) is 14.2. The average molecular weight is 341 g/mol. The largest absolute Gasteiger partial charge is 0.507 e. The number of ketones is 1. The van der Waals surface area contributed by atoms with Gasteiger partial charge in [0.05, 0.1) is 0 Å². The molecule has 6 heteroatoms. The molecule has 0 aliphatic heterocycles. The molecule has 0 saturated carbocycles. The van der Waals surface area contributed by atoms with Gasteiger partial charge >= 0.3 is 5.97 Å². The Morgan fingerprint density at radius 1 is 1.08 bits per heavy atom. The Kier molecular flexibility index (Phi) is 5.54. The fraction of sp³-hybridized carbons (Fsp3) is 0.211. The van der Waals surface area contributed by atoms with Crippen LogP contribution in [0.3, 0.4) is 0 Å². The Bertz CT molecular complexity index is 811. The molecule has 0 aliphatic rings. The smallest absolute Gasteiger partial charge is 0.342 e. The van der Waals surface area contributed by atoms with E-state index >= 15 is 0 Å². The van der Waals surface area contributed by atoms with Crippen LogP contribution in [0.1, 0.15) is 40.1 Å². The molecule has 25 heavy (non-hydrogen) atoms. The number of rotatable bonds is 5. The summed E-state index contributed by atoms with van der Waals surface area (Å²) in [7, 11) is 0. The minimum atomic E-state index is -1.06. The number of esters is 1. The maximum Gasteiger partial charge on any atom is 0.342 e. The quantitative estimate of drug-likeness (QED) is 0.644. The molecule has 0 radical (unpaired) electrons. The summed E-state index contributed by atoms with van der Waals surface area (Å²) in [4.78, 5) is 35.5. The fourth-order valence-corrected chi connectivity index (χ4v) is 2.13. The predicted molar refractivity (Wildman–Crippen MR) is 92.8 cm³/mol. The van der Waals surface area contributed by atoms with Gasteiger partial charge in [-0.25, -0.2) is 4.79 Å². The van der Waals surface area contributed by atoms with Gasteiger partial charge < -0.3 is 15.2 Å². The number of aromatic hydroxyl groups is 1. The predicted octanol–water partition coefficient (Wildman–Crippen LogP) is 3.09. The molecule has 0 fully saturated rings. The standard InChI is InChI=1S/C19H19NO5/c1-11-5-4-6-16(17(11)22)19(24)25-13(3)18(23)20-15-9-7-14(8-10-15)12(2)21/h4-10,13,22H,1-3H3,(H,20,23). The second kappa shape index (κ2) is 7.61. The first-order chi connectivity index (χ1) is 11.8. The van der Waals surface area contributed by atoms with Crippen molar-refractivity contribution in [2.75, 3.05) is 5.32 Å². The van der Waals surface area contributed by atoms with Crippen molar-refractivity contribution in [1.29, 1.82) is 0 Å². The highest BCUT2D eigenvalue weighted by Crippen LogP contribution is 2.22. The maximum atomic E-state index is 12.1. The van der Waals surface area contributed by atoms with Gasteiger partial charge in [0.25, 0.3) is 5.91 Å². The number of para-hydroxylation sites is 1. The molecule has 0 saturated heterocycles. The molecular formula is C19H19NO5. The van der Waals surface area contributed by atoms with E-state index in [0.717, 1.165) is 0 Å². The number of amides is 1. The van der Waals surface area contributed by atoms with Crippen LogP contribution >= 0.6 is 0 Å². The number of ether oxygens (including phenoxy) is 1. The van der Waals surface area contributed by atoms with Crippen molar-refractivity contribution in [1.82, 2.24) is 0 Å². The molecule has 0 bridgehead atoms. The summed E-state index contributed by atoms with van der Waals surface area (Å²) >= 11 is 0. The molecule has 1 atom stereocenters. The summed E-state index contributed by atoms with van der Waals surface area (Å²) in [6, 6.07) is 11.1. The lowest BCUT2D eigenvalue weighted by atomic mass is 10.1. The zero-order chi connectivity index (χ0) is 18.6. The molecule has 0 spiro atoms. The highest BCUT2D eigenvalue weighted by molar-refractivity contribution is 5.99. The highest BCUT2D eigenvalue weighted by Gasteiger charge is 2.21. The van der Waals surface area contributed by atoms with E-state index in [1.54, 1.807) is 43.3 Å². The molecule has 2 aromatic rings. The Labute approximate surface area is 145 Å². The van der Waals surface area contributed by atoms with Gasteiger partial charge in [0, 0.05) is 11.3 Å². The van der Waals surface area contributed by atoms with Gasteiger partial charge in [-0.1, -0.05) is 12.1 Å². The summed E-state index contributed by atoms with van der Waals surface area (Å²) in [5.41, 5.74) is 1.56. The van der Waals surface area contributed by atoms with Gasteiger partial charge in [-0.3, -0.25) is 9.59 Å². The maximum absolute atomic E-state index is 12.1. The topological polar surface area (TPSA) is 92.7 Å². The van der Waals surface area contributed by atoms with Crippen LogP contribution in [0.2, 0.25) is 0 Å². The first kappa shape index (κ1) is 18.2. The highest BCUT2D eigenvalue weighted by atomic mass is 16.5.